The molecule has 0 saturated heterocycles. The summed E-state index contributed by atoms with van der Waals surface area (Å²) in [6, 6.07) is 10.4. The fourth-order valence-corrected chi connectivity index (χ4v) is 2.01. The smallest absolute Gasteiger partial charge is 0.134 e. The van der Waals surface area contributed by atoms with Gasteiger partial charge in [0.2, 0.25) is 0 Å². The van der Waals surface area contributed by atoms with Crippen LogP contribution in [0.15, 0.2) is 40.8 Å². The number of aryl methyl sites for hydroxylation is 1. The Morgan fingerprint density at radius 1 is 0.944 bits per heavy atom. The Morgan fingerprint density at radius 3 is 2.44 bits per heavy atom. The molecule has 1 heterocycles. The molecule has 0 N–H and O–H groups in total. The largest absolute Gasteiger partial charge is 0.461 e. The molecule has 18 heavy (non-hydrogen) atoms. The van der Waals surface area contributed by atoms with Crippen LogP contribution in [-0.4, -0.2) is 0 Å². The first kappa shape index (κ1) is 12.9. The topological polar surface area (TPSA) is 13.1 Å². The van der Waals surface area contributed by atoms with Crippen LogP contribution in [0.4, 0.5) is 4.39 Å². The highest BCUT2D eigenvalue weighted by Crippen LogP contribution is 2.23. The number of unbranched alkanes of at least 4 members (excludes halogenated alkanes) is 3. The van der Waals surface area contributed by atoms with Crippen molar-refractivity contribution < 1.29 is 8.81 Å². The van der Waals surface area contributed by atoms with E-state index in [2.05, 4.69) is 6.92 Å². The fourth-order valence-electron chi connectivity index (χ4n) is 2.01. The second kappa shape index (κ2) is 6.39. The van der Waals surface area contributed by atoms with E-state index >= 15 is 0 Å². The lowest BCUT2D eigenvalue weighted by molar-refractivity contribution is 0.505. The number of benzene rings is 1. The average Bonchev–Trinajstić information content (AvgIpc) is 2.84. The molecule has 0 unspecified atom stereocenters. The first-order valence-corrected chi connectivity index (χ1v) is 6.64. The van der Waals surface area contributed by atoms with Gasteiger partial charge >= 0.3 is 0 Å². The molecule has 0 spiro atoms. The molecule has 1 aromatic heterocycles. The highest BCUT2D eigenvalue weighted by molar-refractivity contribution is 5.57. The van der Waals surface area contributed by atoms with Gasteiger partial charge < -0.3 is 4.42 Å². The third-order valence-corrected chi connectivity index (χ3v) is 3.07. The lowest BCUT2D eigenvalue weighted by atomic mass is 10.1. The molecule has 0 fully saturated rings. The lowest BCUT2D eigenvalue weighted by Crippen LogP contribution is -1.82. The molecule has 0 amide bonds. The Kier molecular flexibility index (Phi) is 4.57. The molecule has 0 aliphatic heterocycles. The van der Waals surface area contributed by atoms with Crippen LogP contribution >= 0.6 is 0 Å². The molecule has 1 aromatic carbocycles. The molecule has 96 valence electrons. The molecule has 0 radical (unpaired) electrons. The molecule has 0 saturated carbocycles. The van der Waals surface area contributed by atoms with Gasteiger partial charge in [-0.25, -0.2) is 4.39 Å². The third kappa shape index (κ3) is 3.46. The fraction of sp³-hybridized carbons (Fsp3) is 0.375. The number of furan rings is 1. The van der Waals surface area contributed by atoms with Crippen molar-refractivity contribution in [2.24, 2.45) is 0 Å². The first-order valence-electron chi connectivity index (χ1n) is 6.64. The van der Waals surface area contributed by atoms with Crippen molar-refractivity contribution in [3.8, 4) is 11.3 Å². The zero-order valence-corrected chi connectivity index (χ0v) is 10.8. The van der Waals surface area contributed by atoms with E-state index < -0.39 is 0 Å². The van der Waals surface area contributed by atoms with Gasteiger partial charge in [0.05, 0.1) is 0 Å². The van der Waals surface area contributed by atoms with Crippen LogP contribution in [0.3, 0.4) is 0 Å². The molecule has 1 nitrogen and oxygen atoms in total. The summed E-state index contributed by atoms with van der Waals surface area (Å²) in [5.41, 5.74) is 0.927. The number of hydrogen-bond donors (Lipinski definition) is 0. The van der Waals surface area contributed by atoms with E-state index in [0.29, 0.717) is 0 Å². The van der Waals surface area contributed by atoms with Gasteiger partial charge in [0, 0.05) is 12.0 Å². The van der Waals surface area contributed by atoms with Crippen LogP contribution in [0.5, 0.6) is 0 Å². The predicted octanol–water partition coefficient (Wildman–Crippen LogP) is 5.21. The summed E-state index contributed by atoms with van der Waals surface area (Å²) in [6.07, 6.45) is 5.94. The molecular formula is C16H19FO. The maximum absolute atomic E-state index is 12.8. The molecule has 0 aliphatic carbocycles. The highest BCUT2D eigenvalue weighted by Gasteiger charge is 2.04. The summed E-state index contributed by atoms with van der Waals surface area (Å²) in [5.74, 6) is 1.62. The lowest BCUT2D eigenvalue weighted by Gasteiger charge is -1.98. The standard InChI is InChI=1S/C16H19FO/c1-2-3-4-5-6-15-11-12-16(18-15)13-7-9-14(17)10-8-13/h7-12H,2-6H2,1H3. The van der Waals surface area contributed by atoms with E-state index in [9.17, 15) is 4.39 Å². The van der Waals surface area contributed by atoms with E-state index in [1.165, 1.54) is 37.8 Å². The maximum atomic E-state index is 12.8. The molecular weight excluding hydrogens is 227 g/mol. The predicted molar refractivity (Wildman–Crippen MR) is 71.9 cm³/mol. The summed E-state index contributed by atoms with van der Waals surface area (Å²) in [7, 11) is 0. The van der Waals surface area contributed by atoms with Gasteiger partial charge in [-0.1, -0.05) is 26.2 Å². The van der Waals surface area contributed by atoms with Crippen molar-refractivity contribution in [2.75, 3.05) is 0 Å². The van der Waals surface area contributed by atoms with Gasteiger partial charge in [0.1, 0.15) is 17.3 Å². The van der Waals surface area contributed by atoms with Crippen LogP contribution in [0.25, 0.3) is 11.3 Å². The summed E-state index contributed by atoms with van der Waals surface area (Å²) in [6.45, 7) is 2.21. The Bertz CT molecular complexity index is 470. The van der Waals surface area contributed by atoms with E-state index in [1.54, 1.807) is 12.1 Å². The Labute approximate surface area is 108 Å². The zero-order chi connectivity index (χ0) is 12.8. The van der Waals surface area contributed by atoms with E-state index in [1.807, 2.05) is 12.1 Å². The Hall–Kier alpha value is -1.57. The van der Waals surface area contributed by atoms with Crippen molar-refractivity contribution >= 4 is 0 Å². The number of halogens is 1. The molecule has 2 aromatic rings. The van der Waals surface area contributed by atoms with E-state index in [0.717, 1.165) is 23.5 Å². The minimum atomic E-state index is -0.218. The summed E-state index contributed by atoms with van der Waals surface area (Å²) < 4.78 is 18.6. The normalized spacial score (nSPS) is 10.8. The van der Waals surface area contributed by atoms with Crippen molar-refractivity contribution in [2.45, 2.75) is 39.0 Å². The van der Waals surface area contributed by atoms with Crippen molar-refractivity contribution in [1.29, 1.82) is 0 Å². The third-order valence-electron chi connectivity index (χ3n) is 3.07. The quantitative estimate of drug-likeness (QED) is 0.638. The first-order chi connectivity index (χ1) is 8.79. The highest BCUT2D eigenvalue weighted by atomic mass is 19.1. The number of rotatable bonds is 6. The zero-order valence-electron chi connectivity index (χ0n) is 10.8. The van der Waals surface area contributed by atoms with Crippen LogP contribution < -0.4 is 0 Å². The van der Waals surface area contributed by atoms with Crippen LogP contribution in [0.2, 0.25) is 0 Å². The summed E-state index contributed by atoms with van der Waals surface area (Å²) >= 11 is 0. The second-order valence-corrected chi connectivity index (χ2v) is 4.58. The monoisotopic (exact) mass is 246 g/mol. The van der Waals surface area contributed by atoms with Gasteiger partial charge in [-0.15, -0.1) is 0 Å². The minimum Gasteiger partial charge on any atom is -0.461 e. The Balaban J connectivity index is 1.95. The molecule has 0 bridgehead atoms. The molecule has 0 atom stereocenters. The molecule has 2 heteroatoms. The van der Waals surface area contributed by atoms with Gasteiger partial charge in [-0.3, -0.25) is 0 Å². The van der Waals surface area contributed by atoms with Crippen LogP contribution in [0.1, 0.15) is 38.4 Å². The van der Waals surface area contributed by atoms with Gasteiger partial charge in [-0.05, 0) is 42.8 Å². The molecule has 2 rings (SSSR count). The molecule has 0 aliphatic rings. The summed E-state index contributed by atoms with van der Waals surface area (Å²) in [5, 5.41) is 0. The van der Waals surface area contributed by atoms with E-state index in [-0.39, 0.29) is 5.82 Å². The Morgan fingerprint density at radius 2 is 1.72 bits per heavy atom. The number of hydrogen-bond acceptors (Lipinski definition) is 1. The maximum Gasteiger partial charge on any atom is 0.134 e. The van der Waals surface area contributed by atoms with Crippen molar-refractivity contribution in [1.82, 2.24) is 0 Å². The second-order valence-electron chi connectivity index (χ2n) is 4.58. The van der Waals surface area contributed by atoms with Gasteiger partial charge in [0.15, 0.2) is 0 Å². The van der Waals surface area contributed by atoms with Crippen LogP contribution in [-0.2, 0) is 6.42 Å². The van der Waals surface area contributed by atoms with Crippen LogP contribution in [0, 0.1) is 5.82 Å². The SMILES string of the molecule is CCCCCCc1ccc(-c2ccc(F)cc2)o1. The average molecular weight is 246 g/mol. The van der Waals surface area contributed by atoms with Gasteiger partial charge in [-0.2, -0.15) is 0 Å². The summed E-state index contributed by atoms with van der Waals surface area (Å²) in [4.78, 5) is 0. The van der Waals surface area contributed by atoms with Crippen molar-refractivity contribution in [3.05, 3.63) is 48.0 Å². The van der Waals surface area contributed by atoms with Crippen molar-refractivity contribution in [3.63, 3.8) is 0 Å². The minimum absolute atomic E-state index is 0.218. The van der Waals surface area contributed by atoms with Gasteiger partial charge in [0.25, 0.3) is 0 Å². The van der Waals surface area contributed by atoms with E-state index in [4.69, 9.17) is 4.42 Å².